The summed E-state index contributed by atoms with van der Waals surface area (Å²) in [7, 11) is 0. The lowest BCUT2D eigenvalue weighted by Crippen LogP contribution is -2.26. The fourth-order valence-corrected chi connectivity index (χ4v) is 2.08. The monoisotopic (exact) mass is 166 g/mol. The molecule has 2 aliphatic rings. The number of carbonyl (C=O) groups excluding carboxylic acids is 1. The molecule has 0 aromatic heterocycles. The Morgan fingerprint density at radius 3 is 3.08 bits per heavy atom. The maximum absolute atomic E-state index is 11.1. The van der Waals surface area contributed by atoms with Gasteiger partial charge in [0.1, 0.15) is 0 Å². The van der Waals surface area contributed by atoms with E-state index in [9.17, 15) is 4.79 Å². The first-order valence-corrected chi connectivity index (χ1v) is 4.53. The van der Waals surface area contributed by atoms with Crippen LogP contribution < -0.4 is 0 Å². The number of carbonyl (C=O) groups is 1. The summed E-state index contributed by atoms with van der Waals surface area (Å²) in [6, 6.07) is 0. The van der Waals surface area contributed by atoms with E-state index >= 15 is 0 Å². The average molecular weight is 166 g/mol. The zero-order chi connectivity index (χ0) is 8.55. The van der Waals surface area contributed by atoms with Crippen molar-refractivity contribution in [1.82, 2.24) is 4.90 Å². The van der Waals surface area contributed by atoms with Crippen molar-refractivity contribution in [2.75, 3.05) is 19.6 Å². The third-order valence-corrected chi connectivity index (χ3v) is 2.86. The topological polar surface area (TPSA) is 32.7 Å². The Hall–Kier alpha value is -0.860. The Bertz CT molecular complexity index is 225. The minimum Gasteiger partial charge on any atom is -0.342 e. The smallest absolute Gasteiger partial charge is 0.219 e. The summed E-state index contributed by atoms with van der Waals surface area (Å²) < 4.78 is 0. The largest absolute Gasteiger partial charge is 0.342 e. The summed E-state index contributed by atoms with van der Waals surface area (Å²) in [6.45, 7) is 4.44. The summed E-state index contributed by atoms with van der Waals surface area (Å²) in [5, 5.41) is 0. The molecular weight excluding hydrogens is 152 g/mol. The van der Waals surface area contributed by atoms with Crippen molar-refractivity contribution in [2.45, 2.75) is 13.3 Å². The standard InChI is InChI=1S/C9H14N2O/c1-7(12)11-5-8-2-3-10-4-9(8)6-11/h4,8-9H,2-3,5-6H2,1H3. The Morgan fingerprint density at radius 2 is 2.42 bits per heavy atom. The van der Waals surface area contributed by atoms with Gasteiger partial charge in [0.05, 0.1) is 0 Å². The molecule has 0 saturated carbocycles. The number of aliphatic imine (C=N–C) groups is 1. The van der Waals surface area contributed by atoms with Gasteiger partial charge in [0.15, 0.2) is 0 Å². The van der Waals surface area contributed by atoms with E-state index in [4.69, 9.17) is 0 Å². The molecule has 2 rings (SSSR count). The van der Waals surface area contributed by atoms with Crippen LogP contribution in [0.2, 0.25) is 0 Å². The van der Waals surface area contributed by atoms with Crippen molar-refractivity contribution in [2.24, 2.45) is 16.8 Å². The Morgan fingerprint density at radius 1 is 1.58 bits per heavy atom. The molecule has 66 valence electrons. The molecule has 0 bridgehead atoms. The van der Waals surface area contributed by atoms with Crippen LogP contribution in [-0.4, -0.2) is 36.7 Å². The molecule has 1 amide bonds. The molecule has 0 aliphatic carbocycles. The molecule has 0 aromatic rings. The highest BCUT2D eigenvalue weighted by Gasteiger charge is 2.33. The van der Waals surface area contributed by atoms with Crippen LogP contribution in [0, 0.1) is 11.8 Å². The van der Waals surface area contributed by atoms with Crippen LogP contribution in [0.15, 0.2) is 4.99 Å². The van der Waals surface area contributed by atoms with E-state index in [0.29, 0.717) is 11.8 Å². The summed E-state index contributed by atoms with van der Waals surface area (Å²) in [5.74, 6) is 1.44. The molecular formula is C9H14N2O. The van der Waals surface area contributed by atoms with Crippen molar-refractivity contribution < 1.29 is 4.79 Å². The lowest BCUT2D eigenvalue weighted by Gasteiger charge is -2.16. The van der Waals surface area contributed by atoms with Gasteiger partial charge < -0.3 is 4.90 Å². The number of hydrogen-bond donors (Lipinski definition) is 0. The molecule has 3 nitrogen and oxygen atoms in total. The van der Waals surface area contributed by atoms with Crippen LogP contribution in [0.3, 0.4) is 0 Å². The lowest BCUT2D eigenvalue weighted by molar-refractivity contribution is -0.127. The van der Waals surface area contributed by atoms with Crippen molar-refractivity contribution >= 4 is 12.1 Å². The van der Waals surface area contributed by atoms with E-state index in [2.05, 4.69) is 4.99 Å². The highest BCUT2D eigenvalue weighted by molar-refractivity contribution is 5.75. The Labute approximate surface area is 72.5 Å². The van der Waals surface area contributed by atoms with E-state index < -0.39 is 0 Å². The van der Waals surface area contributed by atoms with E-state index in [1.807, 2.05) is 11.1 Å². The van der Waals surface area contributed by atoms with E-state index in [0.717, 1.165) is 26.1 Å². The van der Waals surface area contributed by atoms with Gasteiger partial charge in [-0.1, -0.05) is 0 Å². The van der Waals surface area contributed by atoms with E-state index in [-0.39, 0.29) is 5.91 Å². The van der Waals surface area contributed by atoms with Gasteiger partial charge in [0.2, 0.25) is 5.91 Å². The molecule has 0 radical (unpaired) electrons. The predicted octanol–water partition coefficient (Wildman–Crippen LogP) is 0.555. The molecule has 1 fully saturated rings. The normalized spacial score (nSPS) is 33.6. The van der Waals surface area contributed by atoms with Crippen LogP contribution in [0.1, 0.15) is 13.3 Å². The third kappa shape index (κ3) is 1.24. The van der Waals surface area contributed by atoms with Crippen molar-refractivity contribution in [1.29, 1.82) is 0 Å². The summed E-state index contributed by atoms with van der Waals surface area (Å²) >= 11 is 0. The molecule has 1 saturated heterocycles. The fraction of sp³-hybridized carbons (Fsp3) is 0.778. The van der Waals surface area contributed by atoms with Gasteiger partial charge in [-0.2, -0.15) is 0 Å². The number of likely N-dealkylation sites (tertiary alicyclic amines) is 1. The summed E-state index contributed by atoms with van der Waals surface area (Å²) in [6.07, 6.45) is 3.20. The van der Waals surface area contributed by atoms with Gasteiger partial charge in [-0.05, 0) is 12.3 Å². The molecule has 2 aliphatic heterocycles. The quantitative estimate of drug-likeness (QED) is 0.517. The number of amides is 1. The second kappa shape index (κ2) is 2.88. The molecule has 2 unspecified atom stereocenters. The number of hydrogen-bond acceptors (Lipinski definition) is 2. The number of rotatable bonds is 0. The van der Waals surface area contributed by atoms with Crippen LogP contribution in [0.5, 0.6) is 0 Å². The van der Waals surface area contributed by atoms with Crippen LogP contribution in [-0.2, 0) is 4.79 Å². The van der Waals surface area contributed by atoms with E-state index in [1.54, 1.807) is 6.92 Å². The van der Waals surface area contributed by atoms with Crippen molar-refractivity contribution in [3.63, 3.8) is 0 Å². The molecule has 12 heavy (non-hydrogen) atoms. The molecule has 2 atom stereocenters. The highest BCUT2D eigenvalue weighted by Crippen LogP contribution is 2.27. The van der Waals surface area contributed by atoms with Gasteiger partial charge in [0.25, 0.3) is 0 Å². The molecule has 0 N–H and O–H groups in total. The number of fused-ring (bicyclic) bond motifs is 1. The molecule has 0 spiro atoms. The van der Waals surface area contributed by atoms with E-state index in [1.165, 1.54) is 0 Å². The fourth-order valence-electron chi connectivity index (χ4n) is 2.08. The second-order valence-corrected chi connectivity index (χ2v) is 3.69. The lowest BCUT2D eigenvalue weighted by atomic mass is 9.92. The minimum absolute atomic E-state index is 0.206. The maximum atomic E-state index is 11.1. The second-order valence-electron chi connectivity index (χ2n) is 3.69. The highest BCUT2D eigenvalue weighted by atomic mass is 16.2. The van der Waals surface area contributed by atoms with Gasteiger partial charge in [-0.25, -0.2) is 0 Å². The SMILES string of the molecule is CC(=O)N1CC2C=NCCC2C1. The predicted molar refractivity (Wildman–Crippen MR) is 47.2 cm³/mol. The molecule has 2 heterocycles. The zero-order valence-corrected chi connectivity index (χ0v) is 7.36. The summed E-state index contributed by atoms with van der Waals surface area (Å²) in [5.41, 5.74) is 0. The van der Waals surface area contributed by atoms with Crippen LogP contribution in [0.4, 0.5) is 0 Å². The number of nitrogens with zero attached hydrogens (tertiary/aromatic N) is 2. The van der Waals surface area contributed by atoms with Gasteiger partial charge in [-0.3, -0.25) is 9.79 Å². The third-order valence-electron chi connectivity index (χ3n) is 2.86. The first-order chi connectivity index (χ1) is 5.77. The van der Waals surface area contributed by atoms with Gasteiger partial charge >= 0.3 is 0 Å². The summed E-state index contributed by atoms with van der Waals surface area (Å²) in [4.78, 5) is 17.3. The Kier molecular flexibility index (Phi) is 1.87. The van der Waals surface area contributed by atoms with Gasteiger partial charge in [0, 0.05) is 38.7 Å². The van der Waals surface area contributed by atoms with Crippen LogP contribution >= 0.6 is 0 Å². The van der Waals surface area contributed by atoms with Crippen molar-refractivity contribution in [3.8, 4) is 0 Å². The van der Waals surface area contributed by atoms with Crippen LogP contribution in [0.25, 0.3) is 0 Å². The van der Waals surface area contributed by atoms with Gasteiger partial charge in [-0.15, -0.1) is 0 Å². The minimum atomic E-state index is 0.206. The average Bonchev–Trinajstić information content (AvgIpc) is 2.46. The molecule has 3 heteroatoms. The Balaban J connectivity index is 2.05. The van der Waals surface area contributed by atoms with Crippen molar-refractivity contribution in [3.05, 3.63) is 0 Å². The zero-order valence-electron chi connectivity index (χ0n) is 7.36. The molecule has 0 aromatic carbocycles. The first kappa shape index (κ1) is 7.77. The first-order valence-electron chi connectivity index (χ1n) is 4.53. The maximum Gasteiger partial charge on any atom is 0.219 e.